The number of carboxylic acids is 1. The summed E-state index contributed by atoms with van der Waals surface area (Å²) in [6.07, 6.45) is 0. The van der Waals surface area contributed by atoms with E-state index in [0.29, 0.717) is 12.6 Å². The molecule has 1 aliphatic heterocycles. The van der Waals surface area contributed by atoms with E-state index < -0.39 is 5.97 Å². The predicted molar refractivity (Wildman–Crippen MR) is 101 cm³/mol. The van der Waals surface area contributed by atoms with E-state index in [1.807, 2.05) is 48.5 Å². The fourth-order valence-electron chi connectivity index (χ4n) is 3.41. The molecule has 2 aromatic rings. The van der Waals surface area contributed by atoms with E-state index in [2.05, 4.69) is 35.4 Å². The van der Waals surface area contributed by atoms with E-state index in [-0.39, 0.29) is 11.6 Å². The highest BCUT2D eigenvalue weighted by Crippen LogP contribution is 2.27. The Bertz CT molecular complexity index is 730. The van der Waals surface area contributed by atoms with Gasteiger partial charge in [0.2, 0.25) is 0 Å². The molecule has 130 valence electrons. The molecule has 3 rings (SSSR count). The van der Waals surface area contributed by atoms with Gasteiger partial charge in [-0.25, -0.2) is 4.79 Å². The largest absolute Gasteiger partial charge is 0.478 e. The first-order valence-electron chi connectivity index (χ1n) is 8.58. The van der Waals surface area contributed by atoms with Crippen molar-refractivity contribution < 1.29 is 9.90 Å². The monoisotopic (exact) mass is 336 g/mol. The molecule has 1 fully saturated rings. The molecule has 0 aliphatic carbocycles. The Morgan fingerprint density at radius 2 is 1.68 bits per heavy atom. The van der Waals surface area contributed by atoms with Gasteiger partial charge in [-0.3, -0.25) is 4.90 Å². The third-order valence-corrected chi connectivity index (χ3v) is 4.86. The standard InChI is InChI=1S/C21H24N2O2/c1-16-13-23(19-11-7-4-8-12-19)20(17(2)21(24)25)15-22(16)14-18-9-5-3-6-10-18/h3-12,16,20H,2,13-15H2,1H3,(H,24,25)/t16-,20-/m1/s1. The molecule has 0 radical (unpaired) electrons. The third-order valence-electron chi connectivity index (χ3n) is 4.86. The van der Waals surface area contributed by atoms with Gasteiger partial charge in [0.05, 0.1) is 11.6 Å². The topological polar surface area (TPSA) is 43.8 Å². The normalized spacial score (nSPS) is 21.1. The van der Waals surface area contributed by atoms with Crippen molar-refractivity contribution in [1.82, 2.24) is 4.90 Å². The average molecular weight is 336 g/mol. The van der Waals surface area contributed by atoms with Gasteiger partial charge in [0, 0.05) is 31.4 Å². The lowest BCUT2D eigenvalue weighted by Crippen LogP contribution is -2.58. The van der Waals surface area contributed by atoms with Gasteiger partial charge >= 0.3 is 5.97 Å². The fraction of sp³-hybridized carbons (Fsp3) is 0.286. The molecule has 2 aromatic carbocycles. The minimum Gasteiger partial charge on any atom is -0.478 e. The lowest BCUT2D eigenvalue weighted by Gasteiger charge is -2.46. The summed E-state index contributed by atoms with van der Waals surface area (Å²) in [4.78, 5) is 16.1. The number of hydrogen-bond donors (Lipinski definition) is 1. The molecule has 2 atom stereocenters. The SMILES string of the molecule is C=C(C(=O)O)[C@H]1CN(Cc2ccccc2)[C@H](C)CN1c1ccccc1. The molecule has 0 saturated carbocycles. The van der Waals surface area contributed by atoms with Crippen molar-refractivity contribution in [3.63, 3.8) is 0 Å². The summed E-state index contributed by atoms with van der Waals surface area (Å²) in [5.74, 6) is -0.930. The van der Waals surface area contributed by atoms with Crippen LogP contribution < -0.4 is 4.90 Å². The highest BCUT2D eigenvalue weighted by atomic mass is 16.4. The van der Waals surface area contributed by atoms with Crippen LogP contribution >= 0.6 is 0 Å². The predicted octanol–water partition coefficient (Wildman–Crippen LogP) is 3.41. The Morgan fingerprint density at radius 3 is 2.28 bits per heavy atom. The van der Waals surface area contributed by atoms with Crippen LogP contribution in [-0.2, 0) is 11.3 Å². The molecule has 1 N–H and O–H groups in total. The Balaban J connectivity index is 1.85. The maximum atomic E-state index is 11.6. The molecule has 0 spiro atoms. The summed E-state index contributed by atoms with van der Waals surface area (Å²) >= 11 is 0. The Morgan fingerprint density at radius 1 is 1.08 bits per heavy atom. The smallest absolute Gasteiger partial charge is 0.333 e. The summed E-state index contributed by atoms with van der Waals surface area (Å²) in [5.41, 5.74) is 2.53. The van der Waals surface area contributed by atoms with E-state index >= 15 is 0 Å². The number of carbonyl (C=O) groups is 1. The molecule has 4 heteroatoms. The first-order chi connectivity index (χ1) is 12.1. The number of para-hydroxylation sites is 1. The van der Waals surface area contributed by atoms with Gasteiger partial charge in [-0.05, 0) is 24.6 Å². The van der Waals surface area contributed by atoms with Crippen molar-refractivity contribution >= 4 is 11.7 Å². The van der Waals surface area contributed by atoms with Gasteiger partial charge in [0.25, 0.3) is 0 Å². The molecule has 0 unspecified atom stereocenters. The van der Waals surface area contributed by atoms with Gasteiger partial charge in [-0.1, -0.05) is 55.1 Å². The zero-order valence-electron chi connectivity index (χ0n) is 14.5. The Kier molecular flexibility index (Phi) is 5.19. The van der Waals surface area contributed by atoms with Gasteiger partial charge < -0.3 is 10.0 Å². The van der Waals surface area contributed by atoms with Crippen LogP contribution in [0.2, 0.25) is 0 Å². The molecule has 1 saturated heterocycles. The van der Waals surface area contributed by atoms with E-state index in [1.165, 1.54) is 5.56 Å². The highest BCUT2D eigenvalue weighted by molar-refractivity contribution is 5.88. The van der Waals surface area contributed by atoms with Crippen LogP contribution in [0.25, 0.3) is 0 Å². The second kappa shape index (κ2) is 7.53. The second-order valence-corrected chi connectivity index (χ2v) is 6.60. The molecule has 4 nitrogen and oxygen atoms in total. The molecule has 25 heavy (non-hydrogen) atoms. The maximum absolute atomic E-state index is 11.6. The van der Waals surface area contributed by atoms with Crippen molar-refractivity contribution in [3.8, 4) is 0 Å². The zero-order valence-corrected chi connectivity index (χ0v) is 14.5. The Hall–Kier alpha value is -2.59. The van der Waals surface area contributed by atoms with E-state index in [9.17, 15) is 9.90 Å². The molecular weight excluding hydrogens is 312 g/mol. The van der Waals surface area contributed by atoms with Gasteiger partial charge in [-0.2, -0.15) is 0 Å². The molecule has 1 aliphatic rings. The fourth-order valence-corrected chi connectivity index (χ4v) is 3.41. The van der Waals surface area contributed by atoms with Crippen LogP contribution in [0.5, 0.6) is 0 Å². The summed E-state index contributed by atoms with van der Waals surface area (Å²) < 4.78 is 0. The number of anilines is 1. The van der Waals surface area contributed by atoms with Crippen molar-refractivity contribution in [2.45, 2.75) is 25.6 Å². The van der Waals surface area contributed by atoms with Gasteiger partial charge in [-0.15, -0.1) is 0 Å². The van der Waals surface area contributed by atoms with Gasteiger partial charge in [0.15, 0.2) is 0 Å². The van der Waals surface area contributed by atoms with Crippen LogP contribution in [0, 0.1) is 0 Å². The quantitative estimate of drug-likeness (QED) is 0.850. The molecule has 0 amide bonds. The van der Waals surface area contributed by atoms with Crippen LogP contribution in [0.15, 0.2) is 72.8 Å². The highest BCUT2D eigenvalue weighted by Gasteiger charge is 2.35. The first kappa shape index (κ1) is 17.2. The zero-order chi connectivity index (χ0) is 17.8. The lowest BCUT2D eigenvalue weighted by atomic mass is 9.99. The van der Waals surface area contributed by atoms with E-state index in [1.54, 1.807) is 0 Å². The summed E-state index contributed by atoms with van der Waals surface area (Å²) in [7, 11) is 0. The molecular formula is C21H24N2O2. The minimum atomic E-state index is -0.930. The minimum absolute atomic E-state index is 0.236. The van der Waals surface area contributed by atoms with Crippen LogP contribution in [0.3, 0.4) is 0 Å². The van der Waals surface area contributed by atoms with E-state index in [4.69, 9.17) is 0 Å². The van der Waals surface area contributed by atoms with Crippen molar-refractivity contribution in [2.75, 3.05) is 18.0 Å². The maximum Gasteiger partial charge on any atom is 0.333 e. The number of rotatable bonds is 5. The van der Waals surface area contributed by atoms with Crippen LogP contribution in [0.1, 0.15) is 12.5 Å². The first-order valence-corrected chi connectivity index (χ1v) is 8.58. The second-order valence-electron chi connectivity index (χ2n) is 6.60. The average Bonchev–Trinajstić information content (AvgIpc) is 2.64. The summed E-state index contributed by atoms with van der Waals surface area (Å²) in [5, 5.41) is 9.50. The Labute approximate surface area is 149 Å². The summed E-state index contributed by atoms with van der Waals surface area (Å²) in [6.45, 7) is 8.28. The number of hydrogen-bond acceptors (Lipinski definition) is 3. The number of piperazine rings is 1. The van der Waals surface area contributed by atoms with Crippen LogP contribution in [0.4, 0.5) is 5.69 Å². The summed E-state index contributed by atoms with van der Waals surface area (Å²) in [6, 6.07) is 20.4. The van der Waals surface area contributed by atoms with E-state index in [0.717, 1.165) is 18.8 Å². The number of nitrogens with zero attached hydrogens (tertiary/aromatic N) is 2. The van der Waals surface area contributed by atoms with Gasteiger partial charge in [0.1, 0.15) is 0 Å². The molecule has 1 heterocycles. The number of carboxylic acid groups (broad SMARTS) is 1. The molecule has 0 aromatic heterocycles. The van der Waals surface area contributed by atoms with Crippen molar-refractivity contribution in [3.05, 3.63) is 78.4 Å². The van der Waals surface area contributed by atoms with Crippen LogP contribution in [-0.4, -0.2) is 41.1 Å². The molecule has 0 bridgehead atoms. The van der Waals surface area contributed by atoms with Crippen molar-refractivity contribution in [2.24, 2.45) is 0 Å². The van der Waals surface area contributed by atoms with Crippen molar-refractivity contribution in [1.29, 1.82) is 0 Å². The lowest BCUT2D eigenvalue weighted by molar-refractivity contribution is -0.133. The third kappa shape index (κ3) is 3.91. The number of aliphatic carboxylic acids is 1. The number of benzene rings is 2.